The number of piperidine rings is 1. The molecule has 0 unspecified atom stereocenters. The number of carbonyl (C=O) groups excluding carboxylic acids is 1. The summed E-state index contributed by atoms with van der Waals surface area (Å²) in [5.74, 6) is 0.863. The van der Waals surface area contributed by atoms with E-state index in [-0.39, 0.29) is 12.0 Å². The lowest BCUT2D eigenvalue weighted by molar-refractivity contribution is -0.181. The fourth-order valence-electron chi connectivity index (χ4n) is 3.72. The van der Waals surface area contributed by atoms with E-state index in [1.165, 1.54) is 0 Å². The van der Waals surface area contributed by atoms with Crippen molar-refractivity contribution in [3.63, 3.8) is 0 Å². The highest BCUT2D eigenvalue weighted by molar-refractivity contribution is 5.95. The predicted molar refractivity (Wildman–Crippen MR) is 109 cm³/mol. The summed E-state index contributed by atoms with van der Waals surface area (Å²) in [6.45, 7) is 6.48. The smallest absolute Gasteiger partial charge is 0.254 e. The highest BCUT2D eigenvalue weighted by Crippen LogP contribution is 2.32. The second kappa shape index (κ2) is 8.39. The zero-order chi connectivity index (χ0) is 20.3. The minimum atomic E-state index is -0.484. The highest BCUT2D eigenvalue weighted by Gasteiger charge is 2.40. The van der Waals surface area contributed by atoms with Gasteiger partial charge >= 0.3 is 0 Å². The first-order valence-corrected chi connectivity index (χ1v) is 10.1. The van der Waals surface area contributed by atoms with Crippen LogP contribution in [0.2, 0.25) is 0 Å². The lowest BCUT2D eigenvalue weighted by Gasteiger charge is -2.37. The normalized spacial score (nSPS) is 18.2. The molecule has 2 aliphatic rings. The summed E-state index contributed by atoms with van der Waals surface area (Å²) in [5, 5.41) is 3.27. The van der Waals surface area contributed by atoms with Crippen LogP contribution in [0.25, 0.3) is 0 Å². The van der Waals surface area contributed by atoms with Gasteiger partial charge in [-0.3, -0.25) is 4.79 Å². The van der Waals surface area contributed by atoms with Crippen LogP contribution in [0.15, 0.2) is 42.6 Å². The summed E-state index contributed by atoms with van der Waals surface area (Å²) in [6, 6.07) is 11.2. The number of ether oxygens (including phenoxy) is 3. The third-order valence-electron chi connectivity index (χ3n) is 5.15. The van der Waals surface area contributed by atoms with Crippen molar-refractivity contribution in [1.29, 1.82) is 0 Å². The second-order valence-electron chi connectivity index (χ2n) is 7.62. The first-order valence-electron chi connectivity index (χ1n) is 10.1. The molecule has 2 aromatic rings. The molecule has 1 aromatic heterocycles. The minimum absolute atomic E-state index is 0.00462. The number of anilines is 2. The zero-order valence-corrected chi connectivity index (χ0v) is 16.9. The van der Waals surface area contributed by atoms with Gasteiger partial charge in [0.25, 0.3) is 5.91 Å². The van der Waals surface area contributed by atoms with Gasteiger partial charge in [0.1, 0.15) is 11.6 Å². The summed E-state index contributed by atoms with van der Waals surface area (Å²) in [5.41, 5.74) is 1.42. The Morgan fingerprint density at radius 3 is 2.62 bits per heavy atom. The number of para-hydroxylation sites is 2. The Bertz CT molecular complexity index is 855. The molecule has 2 saturated heterocycles. The van der Waals surface area contributed by atoms with Gasteiger partial charge in [-0.1, -0.05) is 12.1 Å². The molecule has 7 heteroatoms. The molecule has 2 aliphatic heterocycles. The number of rotatable bonds is 5. The summed E-state index contributed by atoms with van der Waals surface area (Å²) in [4.78, 5) is 19.2. The first kappa shape index (κ1) is 19.7. The molecule has 29 heavy (non-hydrogen) atoms. The summed E-state index contributed by atoms with van der Waals surface area (Å²) in [7, 11) is 0. The van der Waals surface area contributed by atoms with Crippen LogP contribution in [0.1, 0.15) is 37.0 Å². The van der Waals surface area contributed by atoms with E-state index in [0.717, 1.165) is 11.4 Å². The zero-order valence-electron chi connectivity index (χ0n) is 16.9. The van der Waals surface area contributed by atoms with Crippen LogP contribution >= 0.6 is 0 Å². The molecule has 4 rings (SSSR count). The Kier molecular flexibility index (Phi) is 5.69. The number of carbonyl (C=O) groups is 1. The van der Waals surface area contributed by atoms with Gasteiger partial charge in [0.05, 0.1) is 25.0 Å². The van der Waals surface area contributed by atoms with Crippen LogP contribution in [0.3, 0.4) is 0 Å². The van der Waals surface area contributed by atoms with Gasteiger partial charge in [0.15, 0.2) is 5.79 Å². The third-order valence-corrected chi connectivity index (χ3v) is 5.15. The molecule has 1 spiro atoms. The molecule has 0 atom stereocenters. The number of likely N-dealkylation sites (tertiary alicyclic amines) is 1. The van der Waals surface area contributed by atoms with Gasteiger partial charge in [0.2, 0.25) is 0 Å². The summed E-state index contributed by atoms with van der Waals surface area (Å²) >= 11 is 0. The van der Waals surface area contributed by atoms with Crippen LogP contribution < -0.4 is 10.1 Å². The van der Waals surface area contributed by atoms with Gasteiger partial charge in [0, 0.05) is 37.7 Å². The molecule has 0 radical (unpaired) electrons. The highest BCUT2D eigenvalue weighted by atomic mass is 16.7. The van der Waals surface area contributed by atoms with Crippen LogP contribution in [-0.4, -0.2) is 54.0 Å². The van der Waals surface area contributed by atoms with E-state index >= 15 is 0 Å². The molecule has 3 heterocycles. The van der Waals surface area contributed by atoms with Gasteiger partial charge in [-0.25, -0.2) is 4.98 Å². The molecule has 0 aliphatic carbocycles. The lowest BCUT2D eigenvalue weighted by Crippen LogP contribution is -2.47. The summed E-state index contributed by atoms with van der Waals surface area (Å²) in [6.07, 6.45) is 3.12. The van der Waals surface area contributed by atoms with Crippen molar-refractivity contribution in [3.05, 3.63) is 48.2 Å². The van der Waals surface area contributed by atoms with Gasteiger partial charge in [-0.05, 0) is 38.1 Å². The molecule has 2 fully saturated rings. The van der Waals surface area contributed by atoms with E-state index < -0.39 is 5.79 Å². The third kappa shape index (κ3) is 4.52. The van der Waals surface area contributed by atoms with E-state index in [0.29, 0.717) is 50.5 Å². The standard InChI is InChI=1S/C22H27N3O4/c1-16(2)29-19-6-4-3-5-18(19)24-20-15-17(7-10-23-20)21(26)25-11-8-22(9-12-25)27-13-14-28-22/h3-7,10,15-16H,8-9,11-14H2,1-2H3,(H,23,24). The maximum atomic E-state index is 13.0. The molecule has 1 amide bonds. The van der Waals surface area contributed by atoms with E-state index in [9.17, 15) is 4.79 Å². The van der Waals surface area contributed by atoms with E-state index in [4.69, 9.17) is 14.2 Å². The maximum Gasteiger partial charge on any atom is 0.254 e. The molecule has 0 saturated carbocycles. The summed E-state index contributed by atoms with van der Waals surface area (Å²) < 4.78 is 17.3. The molecular weight excluding hydrogens is 370 g/mol. The van der Waals surface area contributed by atoms with E-state index in [1.54, 1.807) is 18.3 Å². The van der Waals surface area contributed by atoms with Gasteiger partial charge in [-0.15, -0.1) is 0 Å². The quantitative estimate of drug-likeness (QED) is 0.831. The van der Waals surface area contributed by atoms with Crippen molar-refractivity contribution >= 4 is 17.4 Å². The SMILES string of the molecule is CC(C)Oc1ccccc1Nc1cc(C(=O)N2CCC3(CC2)OCCO3)ccn1. The van der Waals surface area contributed by atoms with E-state index in [2.05, 4.69) is 10.3 Å². The average Bonchev–Trinajstić information content (AvgIpc) is 3.17. The van der Waals surface area contributed by atoms with Crippen molar-refractivity contribution in [3.8, 4) is 5.75 Å². The maximum absolute atomic E-state index is 13.0. The Morgan fingerprint density at radius 2 is 1.90 bits per heavy atom. The van der Waals surface area contributed by atoms with Crippen LogP contribution in [0.5, 0.6) is 5.75 Å². The predicted octanol–water partition coefficient (Wildman–Crippen LogP) is 3.59. The fraction of sp³-hybridized carbons (Fsp3) is 0.455. The molecule has 1 aromatic carbocycles. The number of nitrogens with one attached hydrogen (secondary N) is 1. The first-order chi connectivity index (χ1) is 14.0. The topological polar surface area (TPSA) is 72.9 Å². The second-order valence-corrected chi connectivity index (χ2v) is 7.62. The molecular formula is C22H27N3O4. The van der Waals surface area contributed by atoms with Crippen LogP contribution in [0.4, 0.5) is 11.5 Å². The largest absolute Gasteiger partial charge is 0.489 e. The van der Waals surface area contributed by atoms with Crippen molar-refractivity contribution < 1.29 is 19.0 Å². The number of aromatic nitrogens is 1. The van der Waals surface area contributed by atoms with Crippen molar-refractivity contribution in [2.45, 2.75) is 38.6 Å². The number of hydrogen-bond acceptors (Lipinski definition) is 6. The Hall–Kier alpha value is -2.64. The number of nitrogens with zero attached hydrogens (tertiary/aromatic N) is 2. The fourth-order valence-corrected chi connectivity index (χ4v) is 3.72. The average molecular weight is 397 g/mol. The number of hydrogen-bond donors (Lipinski definition) is 1. The molecule has 7 nitrogen and oxygen atoms in total. The minimum Gasteiger partial charge on any atom is -0.489 e. The lowest BCUT2D eigenvalue weighted by atomic mass is 10.0. The van der Waals surface area contributed by atoms with Crippen LogP contribution in [-0.2, 0) is 9.47 Å². The van der Waals surface area contributed by atoms with Gasteiger partial charge in [-0.2, -0.15) is 0 Å². The monoisotopic (exact) mass is 397 g/mol. The molecule has 154 valence electrons. The van der Waals surface area contributed by atoms with Crippen molar-refractivity contribution in [2.24, 2.45) is 0 Å². The number of amides is 1. The van der Waals surface area contributed by atoms with Crippen molar-refractivity contribution in [2.75, 3.05) is 31.6 Å². The Balaban J connectivity index is 1.45. The number of benzene rings is 1. The molecule has 1 N–H and O–H groups in total. The van der Waals surface area contributed by atoms with Crippen LogP contribution in [0, 0.1) is 0 Å². The van der Waals surface area contributed by atoms with Gasteiger partial charge < -0.3 is 24.4 Å². The Morgan fingerprint density at radius 1 is 1.17 bits per heavy atom. The number of pyridine rings is 1. The molecule has 0 bridgehead atoms. The Labute approximate surface area is 171 Å². The van der Waals surface area contributed by atoms with E-state index in [1.807, 2.05) is 43.0 Å². The van der Waals surface area contributed by atoms with Crippen molar-refractivity contribution in [1.82, 2.24) is 9.88 Å².